The minimum Gasteiger partial charge on any atom is -0.376 e. The third-order valence-electron chi connectivity index (χ3n) is 1.56. The smallest absolute Gasteiger partial charge is 0.277 e. The van der Waals surface area contributed by atoms with Crippen molar-refractivity contribution in [2.75, 3.05) is 19.7 Å². The van der Waals surface area contributed by atoms with Crippen molar-refractivity contribution in [3.63, 3.8) is 0 Å². The fourth-order valence-electron chi connectivity index (χ4n) is 1.02. The highest BCUT2D eigenvalue weighted by atomic mass is 32.2. The molecule has 66 valence electrons. The quantitative estimate of drug-likeness (QED) is 0.557. The predicted octanol–water partition coefficient (Wildman–Crippen LogP) is -1.09. The van der Waals surface area contributed by atoms with Gasteiger partial charge in [0.05, 0.1) is 12.7 Å². The van der Waals surface area contributed by atoms with Crippen molar-refractivity contribution in [1.29, 1.82) is 0 Å². The van der Waals surface area contributed by atoms with Gasteiger partial charge >= 0.3 is 0 Å². The Bertz CT molecular complexity index is 226. The van der Waals surface area contributed by atoms with Crippen molar-refractivity contribution in [3.05, 3.63) is 0 Å². The highest BCUT2D eigenvalue weighted by molar-refractivity contribution is 7.86. The Kier molecular flexibility index (Phi) is 2.48. The summed E-state index contributed by atoms with van der Waals surface area (Å²) >= 11 is 0. The SMILES string of the molecule is C[C@H]1CN(S(N)(=O)=O)CCO1. The van der Waals surface area contributed by atoms with Gasteiger partial charge in [-0.1, -0.05) is 0 Å². The molecule has 0 bridgehead atoms. The summed E-state index contributed by atoms with van der Waals surface area (Å²) in [4.78, 5) is 0. The van der Waals surface area contributed by atoms with Gasteiger partial charge in [0.25, 0.3) is 10.2 Å². The molecule has 1 fully saturated rings. The average molecular weight is 180 g/mol. The van der Waals surface area contributed by atoms with Crippen LogP contribution in [0, 0.1) is 0 Å². The van der Waals surface area contributed by atoms with Gasteiger partial charge in [-0.05, 0) is 6.92 Å². The molecule has 0 aromatic heterocycles. The molecule has 1 aliphatic heterocycles. The van der Waals surface area contributed by atoms with Crippen LogP contribution >= 0.6 is 0 Å². The Labute approximate surface area is 66.3 Å². The lowest BCUT2D eigenvalue weighted by atomic mass is 10.3. The Morgan fingerprint density at radius 1 is 1.64 bits per heavy atom. The zero-order valence-electron chi connectivity index (χ0n) is 6.36. The second kappa shape index (κ2) is 3.06. The van der Waals surface area contributed by atoms with Gasteiger partial charge in [-0.2, -0.15) is 12.7 Å². The molecule has 6 heteroatoms. The summed E-state index contributed by atoms with van der Waals surface area (Å²) in [5.41, 5.74) is 0. The van der Waals surface area contributed by atoms with Gasteiger partial charge in [0.2, 0.25) is 0 Å². The zero-order chi connectivity index (χ0) is 8.48. The molecule has 0 aromatic rings. The first kappa shape index (κ1) is 8.92. The van der Waals surface area contributed by atoms with E-state index in [9.17, 15) is 8.42 Å². The van der Waals surface area contributed by atoms with E-state index in [1.807, 2.05) is 6.92 Å². The van der Waals surface area contributed by atoms with E-state index in [0.717, 1.165) is 0 Å². The normalized spacial score (nSPS) is 28.7. The van der Waals surface area contributed by atoms with E-state index >= 15 is 0 Å². The Balaban J connectivity index is 2.60. The number of nitrogens with zero attached hydrogens (tertiary/aromatic N) is 1. The molecule has 0 radical (unpaired) electrons. The zero-order valence-corrected chi connectivity index (χ0v) is 7.17. The van der Waals surface area contributed by atoms with E-state index in [1.54, 1.807) is 0 Å². The molecule has 1 aliphatic rings. The molecule has 0 amide bonds. The van der Waals surface area contributed by atoms with E-state index in [0.29, 0.717) is 19.7 Å². The number of rotatable bonds is 1. The van der Waals surface area contributed by atoms with Gasteiger partial charge in [0, 0.05) is 13.1 Å². The summed E-state index contributed by atoms with van der Waals surface area (Å²) in [6.07, 6.45) is -0.0536. The number of morpholine rings is 1. The Morgan fingerprint density at radius 2 is 2.27 bits per heavy atom. The predicted molar refractivity (Wildman–Crippen MR) is 40.1 cm³/mol. The van der Waals surface area contributed by atoms with Crippen LogP contribution in [0.4, 0.5) is 0 Å². The minimum absolute atomic E-state index is 0.0536. The second-order valence-corrected chi connectivity index (χ2v) is 4.13. The topological polar surface area (TPSA) is 72.6 Å². The summed E-state index contributed by atoms with van der Waals surface area (Å²) in [6.45, 7) is 2.97. The highest BCUT2D eigenvalue weighted by Crippen LogP contribution is 2.05. The Hall–Kier alpha value is -0.170. The monoisotopic (exact) mass is 180 g/mol. The number of nitrogens with two attached hydrogens (primary N) is 1. The molecule has 0 aliphatic carbocycles. The lowest BCUT2D eigenvalue weighted by Gasteiger charge is -2.28. The van der Waals surface area contributed by atoms with E-state index in [4.69, 9.17) is 9.88 Å². The van der Waals surface area contributed by atoms with Crippen LogP contribution < -0.4 is 5.14 Å². The molecular formula is C5H12N2O3S. The first-order chi connectivity index (χ1) is 5.00. The van der Waals surface area contributed by atoms with Gasteiger partial charge in [-0.3, -0.25) is 0 Å². The van der Waals surface area contributed by atoms with Gasteiger partial charge in [0.15, 0.2) is 0 Å². The third-order valence-corrected chi connectivity index (χ3v) is 2.62. The molecule has 1 rings (SSSR count). The van der Waals surface area contributed by atoms with Crippen molar-refractivity contribution < 1.29 is 13.2 Å². The lowest BCUT2D eigenvalue weighted by molar-refractivity contribution is 0.0102. The van der Waals surface area contributed by atoms with E-state index in [2.05, 4.69) is 0 Å². The highest BCUT2D eigenvalue weighted by Gasteiger charge is 2.23. The standard InChI is InChI=1S/C5H12N2O3S/c1-5-4-7(2-3-10-5)11(6,8)9/h5H,2-4H2,1H3,(H2,6,8,9)/t5-/m0/s1. The lowest BCUT2D eigenvalue weighted by Crippen LogP contribution is -2.47. The van der Waals surface area contributed by atoms with Crippen LogP contribution in [0.5, 0.6) is 0 Å². The molecule has 1 atom stereocenters. The maximum absolute atomic E-state index is 10.8. The van der Waals surface area contributed by atoms with Crippen molar-refractivity contribution >= 4 is 10.2 Å². The summed E-state index contributed by atoms with van der Waals surface area (Å²) in [5.74, 6) is 0. The van der Waals surface area contributed by atoms with Crippen molar-refractivity contribution in [3.8, 4) is 0 Å². The summed E-state index contributed by atoms with van der Waals surface area (Å²) in [6, 6.07) is 0. The van der Waals surface area contributed by atoms with Crippen LogP contribution in [0.1, 0.15) is 6.92 Å². The fraction of sp³-hybridized carbons (Fsp3) is 1.00. The first-order valence-corrected chi connectivity index (χ1v) is 4.90. The van der Waals surface area contributed by atoms with Crippen LogP contribution in [0.3, 0.4) is 0 Å². The van der Waals surface area contributed by atoms with Crippen LogP contribution in [0.25, 0.3) is 0 Å². The van der Waals surface area contributed by atoms with E-state index in [1.165, 1.54) is 4.31 Å². The largest absolute Gasteiger partial charge is 0.376 e. The van der Waals surface area contributed by atoms with Gasteiger partial charge < -0.3 is 4.74 Å². The maximum Gasteiger partial charge on any atom is 0.277 e. The molecular weight excluding hydrogens is 168 g/mol. The van der Waals surface area contributed by atoms with Crippen LogP contribution in [-0.4, -0.2) is 38.5 Å². The summed E-state index contributed by atoms with van der Waals surface area (Å²) in [5, 5.41) is 4.92. The van der Waals surface area contributed by atoms with Gasteiger partial charge in [-0.25, -0.2) is 5.14 Å². The molecule has 1 saturated heterocycles. The Morgan fingerprint density at radius 3 is 2.64 bits per heavy atom. The second-order valence-electron chi connectivity index (χ2n) is 2.58. The number of hydrogen-bond donors (Lipinski definition) is 1. The van der Waals surface area contributed by atoms with Crippen LogP contribution in [0.15, 0.2) is 0 Å². The molecule has 1 heterocycles. The molecule has 0 saturated carbocycles. The molecule has 2 N–H and O–H groups in total. The summed E-state index contributed by atoms with van der Waals surface area (Å²) < 4.78 is 27.9. The van der Waals surface area contributed by atoms with Crippen LogP contribution in [-0.2, 0) is 14.9 Å². The molecule has 0 spiro atoms. The third kappa shape index (κ3) is 2.41. The summed E-state index contributed by atoms with van der Waals surface area (Å²) in [7, 11) is -3.51. The molecule has 11 heavy (non-hydrogen) atoms. The fourth-order valence-corrected chi connectivity index (χ4v) is 1.76. The van der Waals surface area contributed by atoms with E-state index < -0.39 is 10.2 Å². The average Bonchev–Trinajstić information content (AvgIpc) is 1.86. The van der Waals surface area contributed by atoms with Gasteiger partial charge in [0.1, 0.15) is 0 Å². The molecule has 0 aromatic carbocycles. The number of hydrogen-bond acceptors (Lipinski definition) is 3. The molecule has 5 nitrogen and oxygen atoms in total. The van der Waals surface area contributed by atoms with Crippen LogP contribution in [0.2, 0.25) is 0 Å². The first-order valence-electron chi connectivity index (χ1n) is 3.39. The van der Waals surface area contributed by atoms with E-state index in [-0.39, 0.29) is 6.10 Å². The van der Waals surface area contributed by atoms with Crippen molar-refractivity contribution in [2.24, 2.45) is 5.14 Å². The van der Waals surface area contributed by atoms with Crippen molar-refractivity contribution in [1.82, 2.24) is 4.31 Å². The van der Waals surface area contributed by atoms with Crippen molar-refractivity contribution in [2.45, 2.75) is 13.0 Å². The minimum atomic E-state index is -3.51. The molecule has 0 unspecified atom stereocenters. The number of ether oxygens (including phenoxy) is 1. The van der Waals surface area contributed by atoms with Gasteiger partial charge in [-0.15, -0.1) is 0 Å². The maximum atomic E-state index is 10.8.